The van der Waals surface area contributed by atoms with Crippen molar-refractivity contribution in [2.24, 2.45) is 11.3 Å². The van der Waals surface area contributed by atoms with Gasteiger partial charge in [-0.1, -0.05) is 20.8 Å². The fraction of sp³-hybridized carbons (Fsp3) is 0.600. The number of hydrogen-bond donors (Lipinski definition) is 0. The molecule has 96 valence electrons. The maximum Gasteiger partial charge on any atom is 0.114 e. The molecule has 0 saturated carbocycles. The summed E-state index contributed by atoms with van der Waals surface area (Å²) < 4.78 is 0. The Labute approximate surface area is 114 Å². The Morgan fingerprint density at radius 3 is 2.72 bits per heavy atom. The summed E-state index contributed by atoms with van der Waals surface area (Å²) in [5, 5.41) is 10.1. The Morgan fingerprint density at radius 1 is 1.44 bits per heavy atom. The first kappa shape index (κ1) is 13.4. The van der Waals surface area contributed by atoms with Gasteiger partial charge in [-0.3, -0.25) is 0 Å². The van der Waals surface area contributed by atoms with Crippen LogP contribution in [0.2, 0.25) is 0 Å². The first-order valence-electron chi connectivity index (χ1n) is 6.42. The van der Waals surface area contributed by atoms with Crippen molar-refractivity contribution < 1.29 is 0 Å². The molecule has 0 spiro atoms. The monoisotopic (exact) mass is 260 g/mol. The minimum absolute atomic E-state index is 0.336. The summed E-state index contributed by atoms with van der Waals surface area (Å²) in [4.78, 5) is 4.66. The molecule has 1 aliphatic carbocycles. The minimum Gasteiger partial charge on any atom is -0.245 e. The summed E-state index contributed by atoms with van der Waals surface area (Å²) in [6, 6.07) is 4.33. The molecule has 0 aromatic carbocycles. The zero-order valence-electron chi connectivity index (χ0n) is 11.6. The van der Waals surface area contributed by atoms with Crippen LogP contribution in [0.4, 0.5) is 0 Å². The number of nitriles is 1. The van der Waals surface area contributed by atoms with E-state index in [4.69, 9.17) is 0 Å². The highest BCUT2D eigenvalue weighted by atomic mass is 32.2. The molecule has 1 atom stereocenters. The maximum atomic E-state index is 9.17. The standard InChI is InChI=1S/C15H20N2S/c1-15(2,3)12-5-6-13-10(8-12)7-11(9-16)14(17-13)18-4/h7,12H,5-6,8H2,1-4H3/t12-/m0/s1. The summed E-state index contributed by atoms with van der Waals surface area (Å²) >= 11 is 1.57. The fourth-order valence-corrected chi connectivity index (χ4v) is 3.15. The molecule has 2 rings (SSSR count). The van der Waals surface area contributed by atoms with Crippen molar-refractivity contribution >= 4 is 11.8 Å². The van der Waals surface area contributed by atoms with Crippen LogP contribution in [0.15, 0.2) is 11.1 Å². The largest absolute Gasteiger partial charge is 0.245 e. The van der Waals surface area contributed by atoms with Gasteiger partial charge in [0.1, 0.15) is 11.1 Å². The second-order valence-electron chi connectivity index (χ2n) is 6.07. The maximum absolute atomic E-state index is 9.17. The third-order valence-corrected chi connectivity index (χ3v) is 4.59. The fourth-order valence-electron chi connectivity index (χ4n) is 2.62. The van der Waals surface area contributed by atoms with E-state index in [1.165, 1.54) is 17.7 Å². The van der Waals surface area contributed by atoms with Crippen LogP contribution >= 0.6 is 11.8 Å². The molecular weight excluding hydrogens is 240 g/mol. The summed E-state index contributed by atoms with van der Waals surface area (Å²) in [6.07, 6.45) is 5.31. The quantitative estimate of drug-likeness (QED) is 0.720. The first-order valence-corrected chi connectivity index (χ1v) is 7.65. The molecule has 2 nitrogen and oxygen atoms in total. The van der Waals surface area contributed by atoms with Crippen molar-refractivity contribution in [1.29, 1.82) is 5.26 Å². The molecule has 0 saturated heterocycles. The molecular formula is C15H20N2S. The molecule has 0 N–H and O–H groups in total. The molecule has 0 fully saturated rings. The van der Waals surface area contributed by atoms with E-state index in [0.29, 0.717) is 11.3 Å². The molecule has 18 heavy (non-hydrogen) atoms. The van der Waals surface area contributed by atoms with E-state index >= 15 is 0 Å². The Morgan fingerprint density at radius 2 is 2.17 bits per heavy atom. The van der Waals surface area contributed by atoms with Crippen molar-refractivity contribution in [2.45, 2.75) is 45.1 Å². The van der Waals surface area contributed by atoms with Gasteiger partial charge < -0.3 is 0 Å². The van der Waals surface area contributed by atoms with Crippen LogP contribution < -0.4 is 0 Å². The van der Waals surface area contributed by atoms with E-state index in [2.05, 4.69) is 37.9 Å². The van der Waals surface area contributed by atoms with Crippen LogP contribution in [0.25, 0.3) is 0 Å². The highest BCUT2D eigenvalue weighted by Crippen LogP contribution is 2.37. The first-order chi connectivity index (χ1) is 8.45. The van der Waals surface area contributed by atoms with Gasteiger partial charge in [0.05, 0.1) is 5.56 Å². The minimum atomic E-state index is 0.336. The predicted octanol–water partition coefficient (Wildman–Crippen LogP) is 3.83. The van der Waals surface area contributed by atoms with Crippen molar-refractivity contribution in [3.63, 3.8) is 0 Å². The number of nitrogens with zero attached hydrogens (tertiary/aromatic N) is 2. The molecule has 1 aromatic rings. The van der Waals surface area contributed by atoms with E-state index in [-0.39, 0.29) is 0 Å². The number of pyridine rings is 1. The number of thioether (sulfide) groups is 1. The lowest BCUT2D eigenvalue weighted by atomic mass is 9.71. The van der Waals surface area contributed by atoms with Crippen molar-refractivity contribution in [3.05, 3.63) is 22.9 Å². The third kappa shape index (κ3) is 2.54. The molecule has 0 radical (unpaired) electrons. The zero-order chi connectivity index (χ0) is 13.3. The number of hydrogen-bond acceptors (Lipinski definition) is 3. The van der Waals surface area contributed by atoms with Crippen LogP contribution in [0.5, 0.6) is 0 Å². The van der Waals surface area contributed by atoms with Gasteiger partial charge >= 0.3 is 0 Å². The van der Waals surface area contributed by atoms with Gasteiger partial charge in [0.15, 0.2) is 0 Å². The van der Waals surface area contributed by atoms with Crippen molar-refractivity contribution in [3.8, 4) is 6.07 Å². The molecule has 3 heteroatoms. The normalized spacial score (nSPS) is 19.2. The van der Waals surface area contributed by atoms with Gasteiger partial charge in [0, 0.05) is 5.69 Å². The molecule has 0 bridgehead atoms. The average molecular weight is 260 g/mol. The highest BCUT2D eigenvalue weighted by Gasteiger charge is 2.29. The number of aromatic nitrogens is 1. The lowest BCUT2D eigenvalue weighted by Crippen LogP contribution is -2.27. The van der Waals surface area contributed by atoms with E-state index in [1.807, 2.05) is 6.26 Å². The average Bonchev–Trinajstić information content (AvgIpc) is 2.35. The number of rotatable bonds is 1. The lowest BCUT2D eigenvalue weighted by Gasteiger charge is -2.34. The third-order valence-electron chi connectivity index (χ3n) is 3.89. The molecule has 1 heterocycles. The van der Waals surface area contributed by atoms with Crippen LogP contribution in [0, 0.1) is 22.7 Å². The van der Waals surface area contributed by atoms with Gasteiger partial charge in [0.25, 0.3) is 0 Å². The number of aryl methyl sites for hydroxylation is 1. The molecule has 0 amide bonds. The Kier molecular flexibility index (Phi) is 3.68. The summed E-state index contributed by atoms with van der Waals surface area (Å²) in [7, 11) is 0. The van der Waals surface area contributed by atoms with E-state index in [1.54, 1.807) is 11.8 Å². The summed E-state index contributed by atoms with van der Waals surface area (Å²) in [6.45, 7) is 6.91. The molecule has 1 aromatic heterocycles. The van der Waals surface area contributed by atoms with Gasteiger partial charge in [-0.25, -0.2) is 4.98 Å². The van der Waals surface area contributed by atoms with Crippen LogP contribution in [0.1, 0.15) is 44.0 Å². The van der Waals surface area contributed by atoms with Crippen molar-refractivity contribution in [1.82, 2.24) is 4.98 Å². The molecule has 0 unspecified atom stereocenters. The van der Waals surface area contributed by atoms with E-state index in [9.17, 15) is 5.26 Å². The van der Waals surface area contributed by atoms with E-state index < -0.39 is 0 Å². The van der Waals surface area contributed by atoms with Crippen LogP contribution in [-0.2, 0) is 12.8 Å². The van der Waals surface area contributed by atoms with Crippen LogP contribution in [-0.4, -0.2) is 11.2 Å². The second-order valence-corrected chi connectivity index (χ2v) is 6.86. The SMILES string of the molecule is CSc1nc2c(cc1C#N)C[C@@H](C(C)(C)C)CC2. The zero-order valence-corrected chi connectivity index (χ0v) is 12.4. The molecule has 0 aliphatic heterocycles. The van der Waals surface area contributed by atoms with Gasteiger partial charge in [-0.15, -0.1) is 11.8 Å². The van der Waals surface area contributed by atoms with Gasteiger partial charge in [0.2, 0.25) is 0 Å². The van der Waals surface area contributed by atoms with Crippen LogP contribution in [0.3, 0.4) is 0 Å². The smallest absolute Gasteiger partial charge is 0.114 e. The second kappa shape index (κ2) is 4.93. The summed E-state index contributed by atoms with van der Waals surface area (Å²) in [5.74, 6) is 0.693. The topological polar surface area (TPSA) is 36.7 Å². The predicted molar refractivity (Wildman–Crippen MR) is 75.7 cm³/mol. The Bertz CT molecular complexity index is 494. The molecule has 1 aliphatic rings. The van der Waals surface area contributed by atoms with Gasteiger partial charge in [-0.2, -0.15) is 5.26 Å². The Balaban J connectivity index is 2.36. The number of fused-ring (bicyclic) bond motifs is 1. The lowest BCUT2D eigenvalue weighted by molar-refractivity contribution is 0.214. The van der Waals surface area contributed by atoms with E-state index in [0.717, 1.165) is 23.4 Å². The van der Waals surface area contributed by atoms with Crippen molar-refractivity contribution in [2.75, 3.05) is 6.26 Å². The summed E-state index contributed by atoms with van der Waals surface area (Å²) in [5.41, 5.74) is 3.56. The van der Waals surface area contributed by atoms with Gasteiger partial charge in [-0.05, 0) is 48.5 Å². The highest BCUT2D eigenvalue weighted by molar-refractivity contribution is 7.98. The Hall–Kier alpha value is -1.01.